The highest BCUT2D eigenvalue weighted by Crippen LogP contribution is 2.37. The normalized spacial score (nSPS) is 10.9. The number of rotatable bonds is 12. The van der Waals surface area contributed by atoms with Gasteiger partial charge in [-0.2, -0.15) is 0 Å². The van der Waals surface area contributed by atoms with Gasteiger partial charge in [0.1, 0.15) is 11.5 Å². The molecule has 6 rings (SSSR count). The monoisotopic (exact) mass is 622 g/mol. The Morgan fingerprint density at radius 1 is 0.319 bits per heavy atom. The first-order valence-corrected chi connectivity index (χ1v) is 15.8. The molecule has 0 unspecified atom stereocenters. The van der Waals surface area contributed by atoms with Crippen LogP contribution in [0.4, 0.5) is 34.1 Å². The number of aliphatic hydroxyl groups is 2. The van der Waals surface area contributed by atoms with E-state index in [0.717, 1.165) is 51.7 Å². The number of anilines is 6. The zero-order valence-electron chi connectivity index (χ0n) is 26.1. The maximum absolute atomic E-state index is 9.84. The third-order valence-corrected chi connectivity index (χ3v) is 8.20. The van der Waals surface area contributed by atoms with E-state index in [9.17, 15) is 20.4 Å². The molecule has 0 saturated carbocycles. The highest BCUT2D eigenvalue weighted by Gasteiger charge is 2.15. The van der Waals surface area contributed by atoms with Crippen LogP contribution in [0.2, 0.25) is 0 Å². The van der Waals surface area contributed by atoms with Crippen molar-refractivity contribution < 1.29 is 20.4 Å². The van der Waals surface area contributed by atoms with Crippen LogP contribution in [0.3, 0.4) is 0 Å². The summed E-state index contributed by atoms with van der Waals surface area (Å²) in [7, 11) is 0. The van der Waals surface area contributed by atoms with Gasteiger partial charge >= 0.3 is 0 Å². The van der Waals surface area contributed by atoms with Crippen molar-refractivity contribution in [3.63, 3.8) is 0 Å². The fourth-order valence-electron chi connectivity index (χ4n) is 5.74. The molecule has 4 N–H and O–H groups in total. The van der Waals surface area contributed by atoms with Crippen molar-refractivity contribution in [2.75, 3.05) is 23.0 Å². The first-order valence-electron chi connectivity index (χ1n) is 15.8. The van der Waals surface area contributed by atoms with Crippen LogP contribution >= 0.6 is 0 Å². The topological polar surface area (TPSA) is 87.4 Å². The van der Waals surface area contributed by atoms with E-state index in [4.69, 9.17) is 0 Å². The molecule has 0 heterocycles. The Morgan fingerprint density at radius 2 is 0.553 bits per heavy atom. The second kappa shape index (κ2) is 14.7. The van der Waals surface area contributed by atoms with Crippen LogP contribution in [-0.4, -0.2) is 33.6 Å². The van der Waals surface area contributed by atoms with Crippen molar-refractivity contribution in [1.82, 2.24) is 0 Å². The molecule has 0 aromatic heterocycles. The molecule has 47 heavy (non-hydrogen) atoms. The predicted octanol–water partition coefficient (Wildman–Crippen LogP) is 8.70. The van der Waals surface area contributed by atoms with Gasteiger partial charge in [0.25, 0.3) is 0 Å². The summed E-state index contributed by atoms with van der Waals surface area (Å²) in [6.07, 6.45) is 2.01. The molecule has 6 aromatic rings. The van der Waals surface area contributed by atoms with Crippen LogP contribution in [0.15, 0.2) is 146 Å². The zero-order chi connectivity index (χ0) is 32.6. The van der Waals surface area contributed by atoms with E-state index < -0.39 is 0 Å². The standard InChI is InChI=1S/C41H38N2O4/c44-27-25-30-1-9-34(10-2-30)42(35-11-3-31(4-12-35)26-28-45)36-13-5-32(6-14-36)29-33-7-15-37(16-8-33)43(38-17-21-40(46)22-18-38)39-19-23-41(47)24-20-39/h1-24,44-47H,25-29H2. The number of aromatic hydroxyl groups is 2. The minimum atomic E-state index is 0.120. The molecule has 0 spiro atoms. The molecule has 0 aliphatic rings. The quantitative estimate of drug-likeness (QED) is 0.109. The highest BCUT2D eigenvalue weighted by atomic mass is 16.3. The summed E-state index contributed by atoms with van der Waals surface area (Å²) >= 11 is 0. The lowest BCUT2D eigenvalue weighted by Gasteiger charge is -2.26. The molecule has 0 amide bonds. The van der Waals surface area contributed by atoms with Crippen LogP contribution in [-0.2, 0) is 19.3 Å². The molecule has 0 atom stereocenters. The Labute approximate surface area is 275 Å². The molecule has 0 aliphatic carbocycles. The van der Waals surface area contributed by atoms with E-state index >= 15 is 0 Å². The number of hydrogen-bond acceptors (Lipinski definition) is 6. The maximum atomic E-state index is 9.84. The Kier molecular flexibility index (Phi) is 9.82. The van der Waals surface area contributed by atoms with Crippen LogP contribution in [0, 0.1) is 0 Å². The zero-order valence-corrected chi connectivity index (χ0v) is 26.1. The number of aliphatic hydroxyl groups excluding tert-OH is 2. The lowest BCUT2D eigenvalue weighted by atomic mass is 10.0. The molecule has 0 aliphatic heterocycles. The summed E-state index contributed by atoms with van der Waals surface area (Å²) in [5.74, 6) is 0.409. The summed E-state index contributed by atoms with van der Waals surface area (Å²) in [6, 6.07) is 47.8. The average Bonchev–Trinajstić information content (AvgIpc) is 3.10. The molecular weight excluding hydrogens is 584 g/mol. The third-order valence-electron chi connectivity index (χ3n) is 8.20. The molecule has 0 radical (unpaired) electrons. The van der Waals surface area contributed by atoms with Gasteiger partial charge < -0.3 is 30.2 Å². The number of phenolic OH excluding ortho intramolecular Hbond substituents is 2. The fraction of sp³-hybridized carbons (Fsp3) is 0.122. The summed E-state index contributed by atoms with van der Waals surface area (Å²) in [4.78, 5) is 4.30. The Hall–Kier alpha value is -5.56. The van der Waals surface area contributed by atoms with Crippen molar-refractivity contribution in [2.45, 2.75) is 19.3 Å². The van der Waals surface area contributed by atoms with Crippen LogP contribution in [0.25, 0.3) is 0 Å². The van der Waals surface area contributed by atoms with Gasteiger partial charge in [0.05, 0.1) is 0 Å². The molecule has 0 saturated heterocycles. The van der Waals surface area contributed by atoms with Gasteiger partial charge in [-0.3, -0.25) is 0 Å². The molecule has 6 heteroatoms. The molecule has 6 nitrogen and oxygen atoms in total. The molecule has 236 valence electrons. The first kappa shape index (κ1) is 31.4. The van der Waals surface area contributed by atoms with E-state index in [1.807, 2.05) is 24.3 Å². The predicted molar refractivity (Wildman–Crippen MR) is 190 cm³/mol. The van der Waals surface area contributed by atoms with Crippen molar-refractivity contribution >= 4 is 34.1 Å². The molecule has 6 aromatic carbocycles. The lowest BCUT2D eigenvalue weighted by molar-refractivity contribution is 0.299. The summed E-state index contributed by atoms with van der Waals surface area (Å²) < 4.78 is 0. The minimum absolute atomic E-state index is 0.120. The van der Waals surface area contributed by atoms with E-state index in [0.29, 0.717) is 12.8 Å². The number of nitrogens with zero attached hydrogens (tertiary/aromatic N) is 2. The third kappa shape index (κ3) is 7.64. The minimum Gasteiger partial charge on any atom is -0.508 e. The lowest BCUT2D eigenvalue weighted by Crippen LogP contribution is -2.10. The van der Waals surface area contributed by atoms with Crippen molar-refractivity contribution in [3.05, 3.63) is 168 Å². The average molecular weight is 623 g/mol. The van der Waals surface area contributed by atoms with Gasteiger partial charge in [0, 0.05) is 47.3 Å². The summed E-state index contributed by atoms with van der Waals surface area (Å²) in [5, 5.41) is 38.4. The van der Waals surface area contributed by atoms with Gasteiger partial charge in [-0.15, -0.1) is 0 Å². The van der Waals surface area contributed by atoms with Crippen molar-refractivity contribution in [3.8, 4) is 11.5 Å². The Balaban J connectivity index is 1.24. The number of phenols is 2. The summed E-state index contributed by atoms with van der Waals surface area (Å²) in [5.41, 5.74) is 10.4. The highest BCUT2D eigenvalue weighted by molar-refractivity contribution is 5.78. The van der Waals surface area contributed by atoms with Gasteiger partial charge in [-0.1, -0.05) is 48.5 Å². The smallest absolute Gasteiger partial charge is 0.115 e. The van der Waals surface area contributed by atoms with Crippen molar-refractivity contribution in [2.24, 2.45) is 0 Å². The van der Waals surface area contributed by atoms with Gasteiger partial charge in [-0.05, 0) is 139 Å². The second-order valence-corrected chi connectivity index (χ2v) is 11.5. The van der Waals surface area contributed by atoms with Crippen LogP contribution < -0.4 is 9.80 Å². The van der Waals surface area contributed by atoms with E-state index in [1.165, 1.54) is 11.1 Å². The largest absolute Gasteiger partial charge is 0.508 e. The van der Waals surface area contributed by atoms with Crippen LogP contribution in [0.1, 0.15) is 22.3 Å². The molecular formula is C41H38N2O4. The van der Waals surface area contributed by atoms with E-state index in [-0.39, 0.29) is 24.7 Å². The van der Waals surface area contributed by atoms with Crippen LogP contribution in [0.5, 0.6) is 11.5 Å². The molecule has 0 fully saturated rings. The van der Waals surface area contributed by atoms with E-state index in [1.54, 1.807) is 24.3 Å². The SMILES string of the molecule is OCCc1ccc(N(c2ccc(CCO)cc2)c2ccc(Cc3ccc(N(c4ccc(O)cc4)c4ccc(O)cc4)cc3)cc2)cc1. The van der Waals surface area contributed by atoms with E-state index in [2.05, 4.69) is 107 Å². The first-order chi connectivity index (χ1) is 23.0. The van der Waals surface area contributed by atoms with Gasteiger partial charge in [0.2, 0.25) is 0 Å². The summed E-state index contributed by atoms with van der Waals surface area (Å²) in [6.45, 7) is 0.239. The molecule has 0 bridgehead atoms. The van der Waals surface area contributed by atoms with Crippen molar-refractivity contribution in [1.29, 1.82) is 0 Å². The van der Waals surface area contributed by atoms with Gasteiger partial charge in [0.15, 0.2) is 0 Å². The van der Waals surface area contributed by atoms with Gasteiger partial charge in [-0.25, -0.2) is 0 Å². The maximum Gasteiger partial charge on any atom is 0.115 e. The Bertz CT molecular complexity index is 1760. The number of benzene rings is 6. The Morgan fingerprint density at radius 3 is 0.809 bits per heavy atom. The number of hydrogen-bond donors (Lipinski definition) is 4. The second-order valence-electron chi connectivity index (χ2n) is 11.5. The fourth-order valence-corrected chi connectivity index (χ4v) is 5.74.